The number of benzene rings is 1. The van der Waals surface area contributed by atoms with Gasteiger partial charge in [0.1, 0.15) is 5.75 Å². The average molecular weight is 220 g/mol. The highest BCUT2D eigenvalue weighted by atomic mass is 16.7. The zero-order valence-electron chi connectivity index (χ0n) is 9.13. The number of hydrogen-bond acceptors (Lipinski definition) is 4. The lowest BCUT2D eigenvalue weighted by molar-refractivity contribution is -0.105. The van der Waals surface area contributed by atoms with Crippen LogP contribution in [0.3, 0.4) is 0 Å². The molecule has 4 heteroatoms. The lowest BCUT2D eigenvalue weighted by Crippen LogP contribution is -2.24. The second kappa shape index (κ2) is 5.51. The van der Waals surface area contributed by atoms with E-state index >= 15 is 0 Å². The second-order valence-corrected chi connectivity index (χ2v) is 3.76. The summed E-state index contributed by atoms with van der Waals surface area (Å²) >= 11 is 0. The van der Waals surface area contributed by atoms with Crippen molar-refractivity contribution >= 4 is 6.21 Å². The van der Waals surface area contributed by atoms with Crippen LogP contribution in [0.5, 0.6) is 5.75 Å². The van der Waals surface area contributed by atoms with Crippen molar-refractivity contribution in [3.63, 3.8) is 0 Å². The Morgan fingerprint density at radius 3 is 2.75 bits per heavy atom. The number of rotatable bonds is 3. The number of hydrazone groups is 1. The van der Waals surface area contributed by atoms with Crippen molar-refractivity contribution in [1.82, 2.24) is 0 Å². The van der Waals surface area contributed by atoms with Crippen molar-refractivity contribution in [2.75, 3.05) is 6.61 Å². The molecule has 0 aromatic heterocycles. The molecule has 16 heavy (non-hydrogen) atoms. The molecule has 1 saturated heterocycles. The standard InChI is InChI=1S/C12H16N2O2/c13-14-9-10-4-6-11(7-5-10)16-12-3-1-2-8-15-12/h4-7,9,12H,1-3,8,13H2. The van der Waals surface area contributed by atoms with E-state index in [0.29, 0.717) is 0 Å². The van der Waals surface area contributed by atoms with E-state index in [1.54, 1.807) is 6.21 Å². The third kappa shape index (κ3) is 2.97. The van der Waals surface area contributed by atoms with Gasteiger partial charge in [-0.2, -0.15) is 5.10 Å². The first-order chi connectivity index (χ1) is 7.88. The van der Waals surface area contributed by atoms with Gasteiger partial charge in [0.2, 0.25) is 0 Å². The minimum absolute atomic E-state index is 0.0947. The molecule has 1 unspecified atom stereocenters. The van der Waals surface area contributed by atoms with Gasteiger partial charge in [-0.15, -0.1) is 0 Å². The Morgan fingerprint density at radius 1 is 1.31 bits per heavy atom. The monoisotopic (exact) mass is 220 g/mol. The predicted octanol–water partition coefficient (Wildman–Crippen LogP) is 1.88. The van der Waals surface area contributed by atoms with Gasteiger partial charge in [-0.25, -0.2) is 0 Å². The summed E-state index contributed by atoms with van der Waals surface area (Å²) in [6, 6.07) is 7.62. The van der Waals surface area contributed by atoms with Crippen molar-refractivity contribution in [2.45, 2.75) is 25.6 Å². The van der Waals surface area contributed by atoms with Crippen LogP contribution in [0.1, 0.15) is 24.8 Å². The third-order valence-electron chi connectivity index (χ3n) is 2.51. The van der Waals surface area contributed by atoms with Crippen LogP contribution in [-0.4, -0.2) is 19.1 Å². The number of nitrogens with zero attached hydrogens (tertiary/aromatic N) is 1. The Morgan fingerprint density at radius 2 is 2.12 bits per heavy atom. The molecule has 0 aliphatic carbocycles. The van der Waals surface area contributed by atoms with Gasteiger partial charge in [-0.3, -0.25) is 0 Å². The molecule has 0 bridgehead atoms. The molecule has 1 aliphatic heterocycles. The van der Waals surface area contributed by atoms with Crippen LogP contribution in [0.25, 0.3) is 0 Å². The van der Waals surface area contributed by atoms with E-state index in [9.17, 15) is 0 Å². The third-order valence-corrected chi connectivity index (χ3v) is 2.51. The number of hydrogen-bond donors (Lipinski definition) is 1. The van der Waals surface area contributed by atoms with Crippen molar-refractivity contribution in [2.24, 2.45) is 10.9 Å². The molecule has 4 nitrogen and oxygen atoms in total. The molecule has 1 aromatic rings. The molecule has 1 aromatic carbocycles. The zero-order valence-corrected chi connectivity index (χ0v) is 9.13. The summed E-state index contributed by atoms with van der Waals surface area (Å²) in [7, 11) is 0. The largest absolute Gasteiger partial charge is 0.465 e. The minimum atomic E-state index is -0.0947. The summed E-state index contributed by atoms with van der Waals surface area (Å²) in [5.41, 5.74) is 0.958. The molecule has 1 aliphatic rings. The van der Waals surface area contributed by atoms with Crippen LogP contribution >= 0.6 is 0 Å². The first-order valence-corrected chi connectivity index (χ1v) is 5.50. The Kier molecular flexibility index (Phi) is 3.77. The molecular formula is C12H16N2O2. The van der Waals surface area contributed by atoms with Gasteiger partial charge in [0.05, 0.1) is 12.8 Å². The Balaban J connectivity index is 1.93. The highest BCUT2D eigenvalue weighted by molar-refractivity contribution is 5.79. The Hall–Kier alpha value is -1.55. The first-order valence-electron chi connectivity index (χ1n) is 5.50. The first kappa shape index (κ1) is 11.0. The van der Waals surface area contributed by atoms with Crippen molar-refractivity contribution in [3.05, 3.63) is 29.8 Å². The van der Waals surface area contributed by atoms with Crippen molar-refractivity contribution in [3.8, 4) is 5.75 Å². The quantitative estimate of drug-likeness (QED) is 0.480. The second-order valence-electron chi connectivity index (χ2n) is 3.76. The maximum atomic E-state index is 5.69. The SMILES string of the molecule is NN=Cc1ccc(OC2CCCCO2)cc1. The van der Waals surface area contributed by atoms with Crippen LogP contribution < -0.4 is 10.6 Å². The fourth-order valence-electron chi connectivity index (χ4n) is 1.67. The highest BCUT2D eigenvalue weighted by Crippen LogP contribution is 2.19. The highest BCUT2D eigenvalue weighted by Gasteiger charge is 2.14. The smallest absolute Gasteiger partial charge is 0.199 e. The van der Waals surface area contributed by atoms with Crippen LogP contribution in [0.4, 0.5) is 0 Å². The Labute approximate surface area is 95.0 Å². The molecule has 0 amide bonds. The summed E-state index contributed by atoms with van der Waals surface area (Å²) in [6.07, 6.45) is 4.77. The normalized spacial score (nSPS) is 21.1. The van der Waals surface area contributed by atoms with Crippen LogP contribution in [0.15, 0.2) is 29.4 Å². The Bertz CT molecular complexity index is 343. The van der Waals surface area contributed by atoms with Gasteiger partial charge >= 0.3 is 0 Å². The van der Waals surface area contributed by atoms with Gasteiger partial charge < -0.3 is 15.3 Å². The van der Waals surface area contributed by atoms with E-state index < -0.39 is 0 Å². The lowest BCUT2D eigenvalue weighted by Gasteiger charge is -2.23. The van der Waals surface area contributed by atoms with Gasteiger partial charge in [0, 0.05) is 6.42 Å². The summed E-state index contributed by atoms with van der Waals surface area (Å²) in [6.45, 7) is 0.794. The average Bonchev–Trinajstić information content (AvgIpc) is 2.33. The molecular weight excluding hydrogens is 204 g/mol. The summed E-state index contributed by atoms with van der Waals surface area (Å²) < 4.78 is 11.2. The van der Waals surface area contributed by atoms with Crippen molar-refractivity contribution in [1.29, 1.82) is 0 Å². The molecule has 2 rings (SSSR count). The molecule has 86 valence electrons. The van der Waals surface area contributed by atoms with Gasteiger partial charge in [-0.1, -0.05) is 0 Å². The maximum absolute atomic E-state index is 5.69. The fourth-order valence-corrected chi connectivity index (χ4v) is 1.67. The molecule has 1 heterocycles. The number of nitrogens with two attached hydrogens (primary N) is 1. The molecule has 1 fully saturated rings. The molecule has 0 saturated carbocycles. The lowest BCUT2D eigenvalue weighted by atomic mass is 10.2. The van der Waals surface area contributed by atoms with E-state index in [0.717, 1.165) is 30.8 Å². The van der Waals surface area contributed by atoms with Crippen LogP contribution in [0, 0.1) is 0 Å². The van der Waals surface area contributed by atoms with E-state index in [2.05, 4.69) is 5.10 Å². The predicted molar refractivity (Wildman–Crippen MR) is 62.4 cm³/mol. The van der Waals surface area contributed by atoms with E-state index in [1.807, 2.05) is 24.3 Å². The van der Waals surface area contributed by atoms with Gasteiger partial charge in [0.25, 0.3) is 0 Å². The fraction of sp³-hybridized carbons (Fsp3) is 0.417. The molecule has 1 atom stereocenters. The van der Waals surface area contributed by atoms with Crippen molar-refractivity contribution < 1.29 is 9.47 Å². The molecule has 0 radical (unpaired) electrons. The number of ether oxygens (including phenoxy) is 2. The zero-order chi connectivity index (χ0) is 11.2. The maximum Gasteiger partial charge on any atom is 0.199 e. The molecule has 2 N–H and O–H groups in total. The van der Waals surface area contributed by atoms with Gasteiger partial charge in [0.15, 0.2) is 6.29 Å². The van der Waals surface area contributed by atoms with Crippen LogP contribution in [0.2, 0.25) is 0 Å². The van der Waals surface area contributed by atoms with Gasteiger partial charge in [-0.05, 0) is 42.7 Å². The van der Waals surface area contributed by atoms with E-state index in [1.165, 1.54) is 6.42 Å². The molecule has 0 spiro atoms. The van der Waals surface area contributed by atoms with Crippen LogP contribution in [-0.2, 0) is 4.74 Å². The summed E-state index contributed by atoms with van der Waals surface area (Å²) in [5.74, 6) is 5.89. The summed E-state index contributed by atoms with van der Waals surface area (Å²) in [4.78, 5) is 0. The van der Waals surface area contributed by atoms with E-state index in [4.69, 9.17) is 15.3 Å². The van der Waals surface area contributed by atoms with E-state index in [-0.39, 0.29) is 6.29 Å². The topological polar surface area (TPSA) is 56.8 Å². The minimum Gasteiger partial charge on any atom is -0.465 e. The summed E-state index contributed by atoms with van der Waals surface area (Å²) in [5, 5.41) is 3.46.